The predicted octanol–water partition coefficient (Wildman–Crippen LogP) is 4.76. The molecule has 0 radical (unpaired) electrons. The van der Waals surface area contributed by atoms with Crippen LogP contribution >= 0.6 is 0 Å². The van der Waals surface area contributed by atoms with E-state index in [1.54, 1.807) is 14.2 Å². The number of benzene rings is 3. The Bertz CT molecular complexity index is 968. The third-order valence-electron chi connectivity index (χ3n) is 6.06. The van der Waals surface area contributed by atoms with Gasteiger partial charge in [-0.1, -0.05) is 91.0 Å². The van der Waals surface area contributed by atoms with Gasteiger partial charge in [0, 0.05) is 14.2 Å². The summed E-state index contributed by atoms with van der Waals surface area (Å²) in [6.45, 7) is 1.65. The molecule has 0 bridgehead atoms. The van der Waals surface area contributed by atoms with Gasteiger partial charge < -0.3 is 28.4 Å². The van der Waals surface area contributed by atoms with Crippen LogP contribution in [0.1, 0.15) is 16.7 Å². The summed E-state index contributed by atoms with van der Waals surface area (Å²) < 4.78 is 36.7. The second-order valence-electron chi connectivity index (χ2n) is 8.50. The second-order valence-corrected chi connectivity index (χ2v) is 8.50. The Morgan fingerprint density at radius 2 is 1.06 bits per heavy atom. The maximum atomic E-state index is 6.44. The molecule has 3 aromatic rings. The quantitative estimate of drug-likeness (QED) is 0.374. The first-order valence-electron chi connectivity index (χ1n) is 11.9. The molecule has 0 saturated carbocycles. The molecular weight excluding hydrogens is 444 g/mol. The fraction of sp³-hybridized carbons (Fsp3) is 0.379. The van der Waals surface area contributed by atoms with E-state index in [1.807, 2.05) is 91.0 Å². The van der Waals surface area contributed by atoms with Gasteiger partial charge in [-0.25, -0.2) is 0 Å². The zero-order valence-electron chi connectivity index (χ0n) is 20.3. The first kappa shape index (κ1) is 25.5. The lowest BCUT2D eigenvalue weighted by Crippen LogP contribution is -2.61. The first-order chi connectivity index (χ1) is 17.3. The maximum Gasteiger partial charge on any atom is 0.186 e. The number of ether oxygens (including phenoxy) is 6. The molecule has 35 heavy (non-hydrogen) atoms. The third-order valence-corrected chi connectivity index (χ3v) is 6.06. The molecular formula is C29H34O6. The Morgan fingerprint density at radius 1 is 0.571 bits per heavy atom. The van der Waals surface area contributed by atoms with E-state index in [4.69, 9.17) is 28.4 Å². The average molecular weight is 479 g/mol. The monoisotopic (exact) mass is 478 g/mol. The molecule has 1 fully saturated rings. The van der Waals surface area contributed by atoms with Gasteiger partial charge in [-0.05, 0) is 16.7 Å². The van der Waals surface area contributed by atoms with Gasteiger partial charge in [-0.3, -0.25) is 0 Å². The van der Waals surface area contributed by atoms with Crippen molar-refractivity contribution in [1.29, 1.82) is 0 Å². The Labute approximate surface area is 207 Å². The average Bonchev–Trinajstić information content (AvgIpc) is 2.92. The molecule has 1 heterocycles. The van der Waals surface area contributed by atoms with E-state index in [2.05, 4.69) is 0 Å². The predicted molar refractivity (Wildman–Crippen MR) is 133 cm³/mol. The van der Waals surface area contributed by atoms with Crippen molar-refractivity contribution in [3.63, 3.8) is 0 Å². The van der Waals surface area contributed by atoms with Gasteiger partial charge in [0.05, 0.1) is 26.4 Å². The minimum Gasteiger partial charge on any atom is -0.374 e. The summed E-state index contributed by atoms with van der Waals surface area (Å²) in [5.41, 5.74) is 3.24. The molecule has 186 valence electrons. The summed E-state index contributed by atoms with van der Waals surface area (Å²) in [4.78, 5) is 0. The topological polar surface area (TPSA) is 55.4 Å². The molecule has 0 aliphatic carbocycles. The van der Waals surface area contributed by atoms with Gasteiger partial charge in [0.15, 0.2) is 6.29 Å². The van der Waals surface area contributed by atoms with Crippen LogP contribution in [0.5, 0.6) is 0 Å². The van der Waals surface area contributed by atoms with Crippen LogP contribution in [-0.2, 0) is 48.2 Å². The molecule has 0 amide bonds. The molecule has 4 rings (SSSR count). The normalized spacial score (nSPS) is 24.3. The van der Waals surface area contributed by atoms with Crippen LogP contribution in [0.25, 0.3) is 0 Å². The highest BCUT2D eigenvalue weighted by Crippen LogP contribution is 2.30. The van der Waals surface area contributed by atoms with Crippen LogP contribution < -0.4 is 0 Å². The van der Waals surface area contributed by atoms with E-state index < -0.39 is 30.7 Å². The van der Waals surface area contributed by atoms with E-state index in [0.29, 0.717) is 26.4 Å². The molecule has 1 aliphatic heterocycles. The van der Waals surface area contributed by atoms with Crippen molar-refractivity contribution in [3.05, 3.63) is 108 Å². The molecule has 1 aliphatic rings. The van der Waals surface area contributed by atoms with Gasteiger partial charge in [0.25, 0.3) is 0 Å². The van der Waals surface area contributed by atoms with Crippen LogP contribution in [0, 0.1) is 0 Å². The van der Waals surface area contributed by atoms with Crippen molar-refractivity contribution >= 4 is 0 Å². The van der Waals surface area contributed by atoms with E-state index >= 15 is 0 Å². The lowest BCUT2D eigenvalue weighted by atomic mass is 9.98. The number of hydrogen-bond acceptors (Lipinski definition) is 6. The number of rotatable bonds is 12. The van der Waals surface area contributed by atoms with Gasteiger partial charge in [-0.15, -0.1) is 0 Å². The van der Waals surface area contributed by atoms with Crippen molar-refractivity contribution in [2.75, 3.05) is 20.8 Å². The molecule has 6 nitrogen and oxygen atoms in total. The summed E-state index contributed by atoms with van der Waals surface area (Å²) in [7, 11) is 3.25. The van der Waals surface area contributed by atoms with Gasteiger partial charge >= 0.3 is 0 Å². The van der Waals surface area contributed by atoms with Crippen molar-refractivity contribution in [2.45, 2.75) is 50.5 Å². The summed E-state index contributed by atoms with van der Waals surface area (Å²) in [5, 5.41) is 0. The van der Waals surface area contributed by atoms with Crippen molar-refractivity contribution in [3.8, 4) is 0 Å². The van der Waals surface area contributed by atoms with Crippen LogP contribution in [0.4, 0.5) is 0 Å². The van der Waals surface area contributed by atoms with Crippen molar-refractivity contribution in [1.82, 2.24) is 0 Å². The van der Waals surface area contributed by atoms with Crippen LogP contribution in [0.2, 0.25) is 0 Å². The maximum absolute atomic E-state index is 6.44. The fourth-order valence-electron chi connectivity index (χ4n) is 4.24. The summed E-state index contributed by atoms with van der Waals surface area (Å²) in [6, 6.07) is 30.2. The summed E-state index contributed by atoms with van der Waals surface area (Å²) >= 11 is 0. The highest BCUT2D eigenvalue weighted by molar-refractivity contribution is 5.15. The smallest absolute Gasteiger partial charge is 0.186 e. The SMILES string of the molecule is CO[C@@H]1O[C@H](COCc2ccccc2)[C@H](OCc2ccccc2)[C@H](OCc2ccccc2)[C@@H]1OC. The molecule has 0 unspecified atom stereocenters. The zero-order valence-corrected chi connectivity index (χ0v) is 20.3. The van der Waals surface area contributed by atoms with Crippen LogP contribution in [-0.4, -0.2) is 51.5 Å². The molecule has 1 saturated heterocycles. The minimum atomic E-state index is -0.609. The van der Waals surface area contributed by atoms with E-state index in [1.165, 1.54) is 0 Å². The van der Waals surface area contributed by atoms with Gasteiger partial charge in [-0.2, -0.15) is 0 Å². The van der Waals surface area contributed by atoms with E-state index in [0.717, 1.165) is 16.7 Å². The highest BCUT2D eigenvalue weighted by Gasteiger charge is 2.48. The largest absolute Gasteiger partial charge is 0.374 e. The molecule has 3 aromatic carbocycles. The highest BCUT2D eigenvalue weighted by atomic mass is 16.7. The molecule has 0 N–H and O–H groups in total. The third kappa shape index (κ3) is 7.21. The van der Waals surface area contributed by atoms with Crippen LogP contribution in [0.15, 0.2) is 91.0 Å². The van der Waals surface area contributed by atoms with Crippen molar-refractivity contribution in [2.24, 2.45) is 0 Å². The summed E-state index contributed by atoms with van der Waals surface area (Å²) in [5.74, 6) is 0. The van der Waals surface area contributed by atoms with Crippen molar-refractivity contribution < 1.29 is 28.4 Å². The van der Waals surface area contributed by atoms with E-state index in [-0.39, 0.29) is 0 Å². The van der Waals surface area contributed by atoms with Crippen LogP contribution in [0.3, 0.4) is 0 Å². The Balaban J connectivity index is 1.51. The lowest BCUT2D eigenvalue weighted by Gasteiger charge is -2.45. The molecule has 0 aromatic heterocycles. The second kappa shape index (κ2) is 13.5. The minimum absolute atomic E-state index is 0.329. The molecule has 6 heteroatoms. The number of methoxy groups -OCH3 is 2. The number of hydrogen-bond donors (Lipinski definition) is 0. The summed E-state index contributed by atoms with van der Waals surface area (Å²) in [6.07, 6.45) is -2.32. The Hall–Kier alpha value is -2.58. The zero-order chi connectivity index (χ0) is 24.3. The Kier molecular flexibility index (Phi) is 9.84. The molecule has 5 atom stereocenters. The van der Waals surface area contributed by atoms with Gasteiger partial charge in [0.1, 0.15) is 24.4 Å². The molecule has 0 spiro atoms. The fourth-order valence-corrected chi connectivity index (χ4v) is 4.24. The van der Waals surface area contributed by atoms with Gasteiger partial charge in [0.2, 0.25) is 0 Å². The first-order valence-corrected chi connectivity index (χ1v) is 11.9. The Morgan fingerprint density at radius 3 is 1.54 bits per heavy atom. The van der Waals surface area contributed by atoms with E-state index in [9.17, 15) is 0 Å². The standard InChI is InChI=1S/C29H34O6/c1-30-28-27(34-20-24-16-10-5-11-17-24)26(33-19-23-14-8-4-9-15-23)25(35-29(28)31-2)21-32-18-22-12-6-3-7-13-22/h3-17,25-29H,18-21H2,1-2H3/t25-,26+,27+,28+,29-/m1/s1. The lowest BCUT2D eigenvalue weighted by molar-refractivity contribution is -0.317.